The summed E-state index contributed by atoms with van der Waals surface area (Å²) < 4.78 is 14.0. The van der Waals surface area contributed by atoms with E-state index in [4.69, 9.17) is 8.85 Å². The Kier molecular flexibility index (Phi) is 7.97. The number of hydrogen-bond donors (Lipinski definition) is 0. The second kappa shape index (κ2) is 9.73. The minimum atomic E-state index is -1.74. The standard InChI is InChI=1S/C33H64O2Si2/c1-23(34-36(10,11)30(2,3)4)27-16-17-28-26-15-14-24-22-25(35-37(12,13)31(5,6)7)18-20-32(24,8)29(26)19-21-33(27,28)9/h23-29H,14-22H2,1-13H3/t23-,24+,25+,26+,27-,28+,29+,32+,33-/m1/s1. The van der Waals surface area contributed by atoms with E-state index in [-0.39, 0.29) is 5.04 Å². The highest BCUT2D eigenvalue weighted by Crippen LogP contribution is 2.68. The largest absolute Gasteiger partial charge is 0.414 e. The van der Waals surface area contributed by atoms with Gasteiger partial charge in [-0.2, -0.15) is 0 Å². The van der Waals surface area contributed by atoms with E-state index in [1.54, 1.807) is 0 Å². The van der Waals surface area contributed by atoms with Gasteiger partial charge in [0.2, 0.25) is 0 Å². The van der Waals surface area contributed by atoms with Crippen molar-refractivity contribution in [1.82, 2.24) is 0 Å². The molecule has 4 heteroatoms. The van der Waals surface area contributed by atoms with Gasteiger partial charge < -0.3 is 8.85 Å². The van der Waals surface area contributed by atoms with E-state index in [0.717, 1.165) is 29.6 Å². The summed E-state index contributed by atoms with van der Waals surface area (Å²) in [6, 6.07) is 0. The van der Waals surface area contributed by atoms with Crippen molar-refractivity contribution in [2.24, 2.45) is 40.4 Å². The average Bonchev–Trinajstić information content (AvgIpc) is 3.09. The summed E-state index contributed by atoms with van der Waals surface area (Å²) in [6.07, 6.45) is 13.6. The molecule has 4 fully saturated rings. The molecular formula is C33H64O2Si2. The van der Waals surface area contributed by atoms with Crippen LogP contribution in [-0.2, 0) is 8.85 Å². The third-order valence-electron chi connectivity index (χ3n) is 13.8. The van der Waals surface area contributed by atoms with Crippen LogP contribution in [0.4, 0.5) is 0 Å². The van der Waals surface area contributed by atoms with Crippen molar-refractivity contribution in [2.75, 3.05) is 0 Å². The predicted molar refractivity (Wildman–Crippen MR) is 165 cm³/mol. The monoisotopic (exact) mass is 548 g/mol. The van der Waals surface area contributed by atoms with E-state index >= 15 is 0 Å². The molecule has 37 heavy (non-hydrogen) atoms. The van der Waals surface area contributed by atoms with E-state index in [1.807, 2.05) is 0 Å². The molecule has 0 aliphatic heterocycles. The lowest BCUT2D eigenvalue weighted by Gasteiger charge is -2.61. The summed E-state index contributed by atoms with van der Waals surface area (Å²) in [5.41, 5.74) is 1.02. The zero-order valence-corrected chi connectivity index (χ0v) is 29.2. The topological polar surface area (TPSA) is 18.5 Å². The summed E-state index contributed by atoms with van der Waals surface area (Å²) in [7, 11) is -3.43. The van der Waals surface area contributed by atoms with Gasteiger partial charge in [-0.3, -0.25) is 0 Å². The lowest BCUT2D eigenvalue weighted by Crippen LogP contribution is -2.56. The van der Waals surface area contributed by atoms with Crippen LogP contribution in [0.3, 0.4) is 0 Å². The van der Waals surface area contributed by atoms with Gasteiger partial charge in [-0.1, -0.05) is 55.4 Å². The van der Waals surface area contributed by atoms with Crippen molar-refractivity contribution in [3.8, 4) is 0 Å². The smallest absolute Gasteiger partial charge is 0.192 e. The molecule has 0 radical (unpaired) electrons. The van der Waals surface area contributed by atoms with Crippen molar-refractivity contribution in [3.63, 3.8) is 0 Å². The molecule has 0 spiro atoms. The maximum atomic E-state index is 7.05. The fourth-order valence-corrected chi connectivity index (χ4v) is 12.3. The van der Waals surface area contributed by atoms with Crippen molar-refractivity contribution >= 4 is 16.6 Å². The SMILES string of the molecule is C[C@@H](O[Si](C)(C)C(C)(C)C)[C@H]1CC[C@H]2[C@@H]3CC[C@H]4C[C@@H](O[Si](C)(C)C(C)(C)C)CC[C@]4(C)[C@H]3CC[C@]12C. The molecule has 0 N–H and O–H groups in total. The third kappa shape index (κ3) is 5.26. The molecule has 4 aliphatic rings. The lowest BCUT2D eigenvalue weighted by molar-refractivity contribution is -0.130. The molecule has 4 aliphatic carbocycles. The Morgan fingerprint density at radius 1 is 0.703 bits per heavy atom. The predicted octanol–water partition coefficient (Wildman–Crippen LogP) is 10.4. The minimum absolute atomic E-state index is 0.290. The molecule has 0 amide bonds. The number of rotatable bonds is 5. The summed E-state index contributed by atoms with van der Waals surface area (Å²) in [4.78, 5) is 0. The van der Waals surface area contributed by atoms with Gasteiger partial charge in [-0.15, -0.1) is 0 Å². The molecule has 0 aromatic carbocycles. The van der Waals surface area contributed by atoms with E-state index in [2.05, 4.69) is 88.5 Å². The Labute approximate surface area is 234 Å². The fourth-order valence-electron chi connectivity index (χ4n) is 9.45. The van der Waals surface area contributed by atoms with E-state index in [0.29, 0.717) is 28.1 Å². The second-order valence-electron chi connectivity index (χ2n) is 17.7. The average molecular weight is 549 g/mol. The lowest BCUT2D eigenvalue weighted by atomic mass is 9.44. The quantitative estimate of drug-likeness (QED) is 0.318. The molecular weight excluding hydrogens is 485 g/mol. The number of fused-ring (bicyclic) bond motifs is 5. The highest BCUT2D eigenvalue weighted by molar-refractivity contribution is 6.74. The Bertz CT molecular complexity index is 823. The second-order valence-corrected chi connectivity index (χ2v) is 27.3. The van der Waals surface area contributed by atoms with Gasteiger partial charge in [-0.05, 0) is 141 Å². The Balaban J connectivity index is 1.45. The summed E-state index contributed by atoms with van der Waals surface area (Å²) >= 11 is 0. The molecule has 0 saturated heterocycles. The van der Waals surface area contributed by atoms with Crippen molar-refractivity contribution in [2.45, 2.75) is 169 Å². The van der Waals surface area contributed by atoms with Gasteiger partial charge in [0, 0.05) is 12.2 Å². The van der Waals surface area contributed by atoms with Crippen LogP contribution >= 0.6 is 0 Å². The zero-order chi connectivity index (χ0) is 27.8. The van der Waals surface area contributed by atoms with Gasteiger partial charge in [0.1, 0.15) is 0 Å². The molecule has 0 aromatic rings. The maximum Gasteiger partial charge on any atom is 0.192 e. The van der Waals surface area contributed by atoms with Crippen molar-refractivity contribution < 1.29 is 8.85 Å². The van der Waals surface area contributed by atoms with Gasteiger partial charge in [0.25, 0.3) is 0 Å². The van der Waals surface area contributed by atoms with E-state index in [1.165, 1.54) is 57.8 Å². The van der Waals surface area contributed by atoms with Crippen LogP contribution in [0.25, 0.3) is 0 Å². The molecule has 216 valence electrons. The van der Waals surface area contributed by atoms with Gasteiger partial charge >= 0.3 is 0 Å². The normalized spacial score (nSPS) is 42.1. The first-order chi connectivity index (χ1) is 16.7. The van der Waals surface area contributed by atoms with Gasteiger partial charge in [0.15, 0.2) is 16.6 Å². The molecule has 9 atom stereocenters. The molecule has 0 aromatic heterocycles. The highest BCUT2D eigenvalue weighted by atomic mass is 28.4. The van der Waals surface area contributed by atoms with Crippen molar-refractivity contribution in [3.05, 3.63) is 0 Å². The van der Waals surface area contributed by atoms with E-state index < -0.39 is 16.6 Å². The maximum absolute atomic E-state index is 7.05. The molecule has 4 rings (SSSR count). The van der Waals surface area contributed by atoms with Crippen LogP contribution in [-0.4, -0.2) is 28.8 Å². The van der Waals surface area contributed by atoms with Crippen LogP contribution in [0.1, 0.15) is 120 Å². The molecule has 0 heterocycles. The highest BCUT2D eigenvalue weighted by Gasteiger charge is 2.61. The minimum Gasteiger partial charge on any atom is -0.414 e. The summed E-state index contributed by atoms with van der Waals surface area (Å²) in [5, 5.41) is 0.599. The molecule has 0 bridgehead atoms. The van der Waals surface area contributed by atoms with Gasteiger partial charge in [-0.25, -0.2) is 0 Å². The van der Waals surface area contributed by atoms with Gasteiger partial charge in [0.05, 0.1) is 0 Å². The van der Waals surface area contributed by atoms with E-state index in [9.17, 15) is 0 Å². The zero-order valence-electron chi connectivity index (χ0n) is 27.2. The summed E-state index contributed by atoms with van der Waals surface area (Å²) in [5.74, 6) is 4.42. The van der Waals surface area contributed by atoms with Crippen LogP contribution in [0.2, 0.25) is 36.3 Å². The first-order valence-corrected chi connectivity index (χ1v) is 21.9. The molecule has 4 saturated carbocycles. The summed E-state index contributed by atoms with van der Waals surface area (Å²) in [6.45, 7) is 32.0. The fraction of sp³-hybridized carbons (Fsp3) is 1.00. The van der Waals surface area contributed by atoms with Crippen LogP contribution in [0, 0.1) is 40.4 Å². The first kappa shape index (κ1) is 30.3. The molecule has 0 unspecified atom stereocenters. The Morgan fingerprint density at radius 2 is 1.27 bits per heavy atom. The number of hydrogen-bond acceptors (Lipinski definition) is 2. The third-order valence-corrected chi connectivity index (χ3v) is 22.9. The Morgan fingerprint density at radius 3 is 1.86 bits per heavy atom. The van der Waals surface area contributed by atoms with Crippen LogP contribution < -0.4 is 0 Å². The Hall–Kier alpha value is 0.354. The van der Waals surface area contributed by atoms with Crippen LogP contribution in [0.5, 0.6) is 0 Å². The van der Waals surface area contributed by atoms with Crippen molar-refractivity contribution in [1.29, 1.82) is 0 Å². The van der Waals surface area contributed by atoms with Crippen LogP contribution in [0.15, 0.2) is 0 Å². The first-order valence-electron chi connectivity index (χ1n) is 16.1. The molecule has 2 nitrogen and oxygen atoms in total.